The number of likely N-dealkylation sites (N-methyl/N-ethyl adjacent to an activating group) is 1. The summed E-state index contributed by atoms with van der Waals surface area (Å²) in [6.07, 6.45) is 0.334. The van der Waals surface area contributed by atoms with E-state index in [9.17, 15) is 19.2 Å². The minimum Gasteiger partial charge on any atom is -0.458 e. The number of amides is 3. The van der Waals surface area contributed by atoms with Crippen molar-refractivity contribution >= 4 is 23.7 Å². The molecular weight excluding hydrogens is 374 g/mol. The quantitative estimate of drug-likeness (QED) is 0.525. The van der Waals surface area contributed by atoms with Crippen LogP contribution in [0.5, 0.6) is 0 Å². The fourth-order valence-corrected chi connectivity index (χ4v) is 2.88. The minimum absolute atomic E-state index is 0.0672. The summed E-state index contributed by atoms with van der Waals surface area (Å²) in [7, 11) is 1.50. The van der Waals surface area contributed by atoms with E-state index in [1.165, 1.54) is 14.0 Å². The van der Waals surface area contributed by atoms with Gasteiger partial charge in [0.15, 0.2) is 0 Å². The van der Waals surface area contributed by atoms with Crippen molar-refractivity contribution in [3.63, 3.8) is 0 Å². The Kier molecular flexibility index (Phi) is 9.82. The van der Waals surface area contributed by atoms with Crippen LogP contribution in [0.15, 0.2) is 0 Å². The van der Waals surface area contributed by atoms with E-state index in [1.54, 1.807) is 20.8 Å². The zero-order valence-electron chi connectivity index (χ0n) is 19.6. The summed E-state index contributed by atoms with van der Waals surface area (Å²) in [5, 5.41) is 7.90. The number of hydrogen-bond donors (Lipinski definition) is 3. The Balaban J connectivity index is 5.95. The summed E-state index contributed by atoms with van der Waals surface area (Å²) in [4.78, 5) is 50.1. The van der Waals surface area contributed by atoms with Gasteiger partial charge in [-0.15, -0.1) is 0 Å². The molecule has 0 aromatic carbocycles. The molecule has 3 N–H and O–H groups in total. The van der Waals surface area contributed by atoms with Crippen molar-refractivity contribution in [1.29, 1.82) is 0 Å². The summed E-state index contributed by atoms with van der Waals surface area (Å²) in [5.74, 6) is -2.75. The third kappa shape index (κ3) is 9.76. The van der Waals surface area contributed by atoms with E-state index in [2.05, 4.69) is 16.0 Å². The second-order valence-electron chi connectivity index (χ2n) is 9.87. The molecule has 3 amide bonds. The predicted octanol–water partition coefficient (Wildman–Crippen LogP) is 1.77. The summed E-state index contributed by atoms with van der Waals surface area (Å²) >= 11 is 0. The molecule has 0 aromatic heterocycles. The van der Waals surface area contributed by atoms with E-state index >= 15 is 0 Å². The summed E-state index contributed by atoms with van der Waals surface area (Å²) in [6.45, 7) is 15.8. The smallest absolute Gasteiger partial charge is 0.329 e. The van der Waals surface area contributed by atoms with Crippen LogP contribution in [0.4, 0.5) is 0 Å². The molecular formula is C21H39N3O5. The molecule has 0 radical (unpaired) electrons. The molecule has 0 aliphatic rings. The highest BCUT2D eigenvalue weighted by Gasteiger charge is 2.40. The number of rotatable bonds is 8. The Morgan fingerprint density at radius 1 is 0.897 bits per heavy atom. The second kappa shape index (κ2) is 10.6. The van der Waals surface area contributed by atoms with E-state index in [1.807, 2.05) is 34.6 Å². The van der Waals surface area contributed by atoms with E-state index in [0.717, 1.165) is 0 Å². The average molecular weight is 414 g/mol. The van der Waals surface area contributed by atoms with Crippen LogP contribution in [0.3, 0.4) is 0 Å². The first-order valence-corrected chi connectivity index (χ1v) is 10.0. The van der Waals surface area contributed by atoms with Crippen molar-refractivity contribution in [3.05, 3.63) is 0 Å². The highest BCUT2D eigenvalue weighted by molar-refractivity contribution is 5.93. The van der Waals surface area contributed by atoms with Gasteiger partial charge in [0.1, 0.15) is 17.7 Å². The number of hydrogen-bond acceptors (Lipinski definition) is 5. The maximum absolute atomic E-state index is 13.2. The standard InChI is InChI=1S/C21H39N3O5/c1-12(2)11-14(15(23-13(3)25)19(28)29-21(7,8)9)17(26)24-16(18(27)22-10)20(4,5)6/h12,14-16H,11H2,1-10H3,(H,22,27)(H,23,25)(H,24,26)/t14-,15+,16-/m1/s1. The first-order chi connectivity index (χ1) is 13.0. The topological polar surface area (TPSA) is 114 Å². The van der Waals surface area contributed by atoms with E-state index in [-0.39, 0.29) is 11.8 Å². The highest BCUT2D eigenvalue weighted by atomic mass is 16.6. The molecule has 29 heavy (non-hydrogen) atoms. The van der Waals surface area contributed by atoms with Crippen molar-refractivity contribution < 1.29 is 23.9 Å². The van der Waals surface area contributed by atoms with E-state index in [4.69, 9.17) is 4.74 Å². The number of ether oxygens (including phenoxy) is 1. The molecule has 0 bridgehead atoms. The predicted molar refractivity (Wildman–Crippen MR) is 112 cm³/mol. The zero-order chi connectivity index (χ0) is 23.2. The van der Waals surface area contributed by atoms with Gasteiger partial charge in [-0.1, -0.05) is 34.6 Å². The molecule has 168 valence electrons. The van der Waals surface area contributed by atoms with Crippen LogP contribution in [0, 0.1) is 17.3 Å². The molecule has 0 spiro atoms. The molecule has 0 saturated heterocycles. The van der Waals surface area contributed by atoms with Gasteiger partial charge in [0.25, 0.3) is 0 Å². The van der Waals surface area contributed by atoms with Crippen molar-refractivity contribution in [1.82, 2.24) is 16.0 Å². The van der Waals surface area contributed by atoms with Crippen molar-refractivity contribution in [2.45, 2.75) is 86.4 Å². The van der Waals surface area contributed by atoms with Gasteiger partial charge in [-0.3, -0.25) is 14.4 Å². The summed E-state index contributed by atoms with van der Waals surface area (Å²) in [5.41, 5.74) is -1.32. The fourth-order valence-electron chi connectivity index (χ4n) is 2.88. The van der Waals surface area contributed by atoms with Gasteiger partial charge in [0.2, 0.25) is 17.7 Å². The first kappa shape index (κ1) is 26.9. The Bertz CT molecular complexity index is 602. The van der Waals surface area contributed by atoms with Gasteiger partial charge in [0, 0.05) is 14.0 Å². The van der Waals surface area contributed by atoms with Gasteiger partial charge in [-0.25, -0.2) is 4.79 Å². The summed E-state index contributed by atoms with van der Waals surface area (Å²) in [6, 6.07) is -1.95. The number of esters is 1. The van der Waals surface area contributed by atoms with Crippen molar-refractivity contribution in [3.8, 4) is 0 Å². The van der Waals surface area contributed by atoms with Crippen LogP contribution in [0.1, 0.15) is 68.7 Å². The average Bonchev–Trinajstić information content (AvgIpc) is 2.51. The lowest BCUT2D eigenvalue weighted by Crippen LogP contribution is -2.58. The number of carbonyl (C=O) groups is 4. The van der Waals surface area contributed by atoms with E-state index in [0.29, 0.717) is 6.42 Å². The lowest BCUT2D eigenvalue weighted by molar-refractivity contribution is -0.162. The lowest BCUT2D eigenvalue weighted by atomic mass is 9.84. The van der Waals surface area contributed by atoms with Crippen LogP contribution >= 0.6 is 0 Å². The minimum atomic E-state index is -1.15. The molecule has 0 unspecified atom stereocenters. The fraction of sp³-hybridized carbons (Fsp3) is 0.810. The monoisotopic (exact) mass is 413 g/mol. The molecule has 0 rings (SSSR count). The maximum atomic E-state index is 13.2. The van der Waals surface area contributed by atoms with Crippen LogP contribution in [-0.2, 0) is 23.9 Å². The number of nitrogens with one attached hydrogen (secondary N) is 3. The van der Waals surface area contributed by atoms with Gasteiger partial charge < -0.3 is 20.7 Å². The van der Waals surface area contributed by atoms with Gasteiger partial charge in [-0.2, -0.15) is 0 Å². The van der Waals surface area contributed by atoms with Crippen LogP contribution < -0.4 is 16.0 Å². The molecule has 0 fully saturated rings. The molecule has 0 aliphatic carbocycles. The molecule has 0 aromatic rings. The second-order valence-corrected chi connectivity index (χ2v) is 9.87. The van der Waals surface area contributed by atoms with Crippen molar-refractivity contribution in [2.75, 3.05) is 7.05 Å². The SMILES string of the molecule is CNC(=O)[C@@H](NC(=O)[C@H](CC(C)C)[C@H](NC(C)=O)C(=O)OC(C)(C)C)C(C)(C)C. The lowest BCUT2D eigenvalue weighted by Gasteiger charge is -2.34. The van der Waals surface area contributed by atoms with Gasteiger partial charge in [-0.05, 0) is 38.5 Å². The molecule has 0 saturated carbocycles. The van der Waals surface area contributed by atoms with E-state index < -0.39 is 46.8 Å². The molecule has 3 atom stereocenters. The van der Waals surface area contributed by atoms with Crippen LogP contribution in [0.2, 0.25) is 0 Å². The molecule has 0 heterocycles. The van der Waals surface area contributed by atoms with Gasteiger partial charge in [0.05, 0.1) is 5.92 Å². The highest BCUT2D eigenvalue weighted by Crippen LogP contribution is 2.23. The normalized spacial score (nSPS) is 15.1. The first-order valence-electron chi connectivity index (χ1n) is 10.0. The Morgan fingerprint density at radius 2 is 1.41 bits per heavy atom. The summed E-state index contributed by atoms with van der Waals surface area (Å²) < 4.78 is 5.44. The Labute approximate surface area is 174 Å². The zero-order valence-corrected chi connectivity index (χ0v) is 19.6. The Hall–Kier alpha value is -2.12. The van der Waals surface area contributed by atoms with Crippen molar-refractivity contribution in [2.24, 2.45) is 17.3 Å². The van der Waals surface area contributed by atoms with Crippen LogP contribution in [-0.4, -0.2) is 48.4 Å². The largest absolute Gasteiger partial charge is 0.458 e. The molecule has 8 nitrogen and oxygen atoms in total. The van der Waals surface area contributed by atoms with Crippen LogP contribution in [0.25, 0.3) is 0 Å². The molecule has 8 heteroatoms. The molecule has 0 aliphatic heterocycles. The number of carbonyl (C=O) groups excluding carboxylic acids is 4. The maximum Gasteiger partial charge on any atom is 0.329 e. The van der Waals surface area contributed by atoms with Gasteiger partial charge >= 0.3 is 5.97 Å². The Morgan fingerprint density at radius 3 is 1.76 bits per heavy atom. The third-order valence-corrected chi connectivity index (χ3v) is 4.15. The third-order valence-electron chi connectivity index (χ3n) is 4.15.